The average molecular weight is 620 g/mol. The van der Waals surface area contributed by atoms with E-state index < -0.39 is 0 Å². The molecule has 0 saturated carbocycles. The molecule has 0 bridgehead atoms. The molecule has 0 spiro atoms. The summed E-state index contributed by atoms with van der Waals surface area (Å²) in [5.41, 5.74) is 1.58. The van der Waals surface area contributed by atoms with Gasteiger partial charge in [-0.05, 0) is 56.7 Å². The van der Waals surface area contributed by atoms with Crippen molar-refractivity contribution >= 4 is 17.6 Å². The topological polar surface area (TPSA) is 64.6 Å². The number of carbonyl (C=O) groups is 2. The van der Waals surface area contributed by atoms with Crippen molar-refractivity contribution in [2.75, 3.05) is 45.2 Å². The molecule has 40 heavy (non-hydrogen) atoms. The van der Waals surface area contributed by atoms with E-state index in [1.807, 2.05) is 18.2 Å². The molecule has 2 rings (SSSR count). The molecule has 0 heterocycles. The molecule has 1 amide bonds. The van der Waals surface area contributed by atoms with Gasteiger partial charge in [0.15, 0.2) is 0 Å². The number of nitrogens with zero attached hydrogens (tertiary/aromatic N) is 1. The van der Waals surface area contributed by atoms with Gasteiger partial charge in [0.2, 0.25) is 0 Å². The van der Waals surface area contributed by atoms with Crippen molar-refractivity contribution in [3.63, 3.8) is 0 Å². The standard InChI is InChI=1S/C33H50N2O4.BrH/c1-5-8-9-10-11-12-13-14-15-18-26-38-31-20-17-16-19-30(31)32(36)34-29-23-21-28(22-24-29)33(37)39-27-25-35(4,6-2)7-3;/h16-17,19-24H,5-15,18,25-27H2,1-4H3;1H. The van der Waals surface area contributed by atoms with Crippen molar-refractivity contribution in [3.8, 4) is 5.75 Å². The number of rotatable bonds is 20. The number of likely N-dealkylation sites (N-methyl/N-ethyl adjacent to an activating group) is 1. The summed E-state index contributed by atoms with van der Waals surface area (Å²) in [6.45, 7) is 10.3. The quantitative estimate of drug-likeness (QED) is 0.130. The number of quaternary nitrogens is 1. The first kappa shape index (κ1) is 35.6. The lowest BCUT2D eigenvalue weighted by atomic mass is 10.1. The smallest absolute Gasteiger partial charge is 0.338 e. The van der Waals surface area contributed by atoms with E-state index in [9.17, 15) is 9.59 Å². The van der Waals surface area contributed by atoms with Gasteiger partial charge >= 0.3 is 5.97 Å². The Morgan fingerprint density at radius 3 is 1.93 bits per heavy atom. The Morgan fingerprint density at radius 2 is 1.32 bits per heavy atom. The summed E-state index contributed by atoms with van der Waals surface area (Å²) in [6, 6.07) is 14.1. The van der Waals surface area contributed by atoms with Gasteiger partial charge in [0, 0.05) is 5.69 Å². The number of carbonyl (C=O) groups excluding carboxylic acids is 2. The van der Waals surface area contributed by atoms with Crippen molar-refractivity contribution in [1.29, 1.82) is 0 Å². The van der Waals surface area contributed by atoms with Crippen LogP contribution in [-0.4, -0.2) is 56.3 Å². The van der Waals surface area contributed by atoms with Gasteiger partial charge in [0.25, 0.3) is 5.91 Å². The summed E-state index contributed by atoms with van der Waals surface area (Å²) < 4.78 is 12.3. The second-order valence-corrected chi connectivity index (χ2v) is 10.7. The van der Waals surface area contributed by atoms with E-state index in [2.05, 4.69) is 33.1 Å². The average Bonchev–Trinajstić information content (AvgIpc) is 2.96. The van der Waals surface area contributed by atoms with E-state index in [0.717, 1.165) is 37.0 Å². The largest absolute Gasteiger partial charge is 1.00 e. The summed E-state index contributed by atoms with van der Waals surface area (Å²) in [5.74, 6) is 0.00761. The molecular formula is C33H51BrN2O4. The zero-order valence-corrected chi connectivity index (χ0v) is 26.8. The normalized spacial score (nSPS) is 11.0. The van der Waals surface area contributed by atoms with Crippen LogP contribution in [0.4, 0.5) is 5.69 Å². The van der Waals surface area contributed by atoms with Crippen LogP contribution in [0.25, 0.3) is 0 Å². The molecule has 0 atom stereocenters. The highest BCUT2D eigenvalue weighted by Gasteiger charge is 2.18. The minimum atomic E-state index is -0.350. The van der Waals surface area contributed by atoms with E-state index in [4.69, 9.17) is 9.47 Å². The molecule has 7 heteroatoms. The van der Waals surface area contributed by atoms with Crippen LogP contribution in [0.15, 0.2) is 48.5 Å². The summed E-state index contributed by atoms with van der Waals surface area (Å²) >= 11 is 0. The number of amides is 1. The summed E-state index contributed by atoms with van der Waals surface area (Å²) in [7, 11) is 2.16. The number of para-hydroxylation sites is 1. The van der Waals surface area contributed by atoms with E-state index >= 15 is 0 Å². The Morgan fingerprint density at radius 1 is 0.750 bits per heavy atom. The molecule has 224 valence electrons. The van der Waals surface area contributed by atoms with Crippen LogP contribution < -0.4 is 27.0 Å². The minimum absolute atomic E-state index is 0. The highest BCUT2D eigenvalue weighted by atomic mass is 79.9. The number of ether oxygens (including phenoxy) is 2. The highest BCUT2D eigenvalue weighted by Crippen LogP contribution is 2.21. The Bertz CT molecular complexity index is 977. The number of esters is 1. The number of hydrogen-bond acceptors (Lipinski definition) is 4. The third kappa shape index (κ3) is 13.3. The number of halogens is 1. The van der Waals surface area contributed by atoms with Gasteiger partial charge in [-0.25, -0.2) is 4.79 Å². The van der Waals surface area contributed by atoms with Gasteiger partial charge in [0.1, 0.15) is 18.9 Å². The zero-order valence-electron chi connectivity index (χ0n) is 25.2. The third-order valence-corrected chi connectivity index (χ3v) is 7.66. The summed E-state index contributed by atoms with van der Waals surface area (Å²) in [6.07, 6.45) is 12.7. The molecule has 1 N–H and O–H groups in total. The van der Waals surface area contributed by atoms with Crippen LogP contribution in [0.5, 0.6) is 5.75 Å². The summed E-state index contributed by atoms with van der Waals surface area (Å²) in [4.78, 5) is 25.4. The fraction of sp³-hybridized carbons (Fsp3) is 0.576. The van der Waals surface area contributed by atoms with E-state index in [-0.39, 0.29) is 28.9 Å². The molecular weight excluding hydrogens is 568 g/mol. The number of benzene rings is 2. The van der Waals surface area contributed by atoms with Gasteiger partial charge in [-0.1, -0.05) is 76.8 Å². The van der Waals surface area contributed by atoms with Crippen molar-refractivity contribution < 1.29 is 40.5 Å². The maximum absolute atomic E-state index is 13.0. The van der Waals surface area contributed by atoms with Crippen LogP contribution in [0.2, 0.25) is 0 Å². The number of nitrogens with one attached hydrogen (secondary N) is 1. The van der Waals surface area contributed by atoms with Gasteiger partial charge < -0.3 is 36.3 Å². The number of hydrogen-bond donors (Lipinski definition) is 1. The van der Waals surface area contributed by atoms with E-state index in [1.54, 1.807) is 30.3 Å². The molecule has 0 unspecified atom stereocenters. The lowest BCUT2D eigenvalue weighted by Crippen LogP contribution is -3.00. The van der Waals surface area contributed by atoms with Crippen LogP contribution >= 0.6 is 0 Å². The van der Waals surface area contributed by atoms with Crippen LogP contribution in [0.1, 0.15) is 106 Å². The predicted octanol–water partition coefficient (Wildman–Crippen LogP) is 4.89. The molecule has 0 radical (unpaired) electrons. The fourth-order valence-electron chi connectivity index (χ4n) is 4.42. The number of anilines is 1. The Kier molecular flexibility index (Phi) is 18.3. The maximum Gasteiger partial charge on any atom is 0.338 e. The van der Waals surface area contributed by atoms with Gasteiger partial charge in [-0.2, -0.15) is 0 Å². The van der Waals surface area contributed by atoms with Crippen LogP contribution in [-0.2, 0) is 4.74 Å². The van der Waals surface area contributed by atoms with Crippen molar-refractivity contribution in [2.24, 2.45) is 0 Å². The third-order valence-electron chi connectivity index (χ3n) is 7.66. The van der Waals surface area contributed by atoms with E-state index in [0.29, 0.717) is 35.8 Å². The lowest BCUT2D eigenvalue weighted by Gasteiger charge is -2.31. The van der Waals surface area contributed by atoms with Gasteiger partial charge in [-0.3, -0.25) is 4.79 Å². The Hall–Kier alpha value is -2.38. The first-order chi connectivity index (χ1) is 18.9. The van der Waals surface area contributed by atoms with Gasteiger partial charge in [-0.15, -0.1) is 0 Å². The SMILES string of the molecule is CCCCCCCCCCCCOc1ccccc1C(=O)Nc1ccc(C(=O)OCC[N+](C)(CC)CC)cc1.[Br-]. The van der Waals surface area contributed by atoms with Crippen LogP contribution in [0.3, 0.4) is 0 Å². The first-order valence-corrected chi connectivity index (χ1v) is 15.1. The molecule has 0 aliphatic heterocycles. The number of unbranched alkanes of at least 4 members (excludes halogenated alkanes) is 9. The van der Waals surface area contributed by atoms with Crippen molar-refractivity contribution in [1.82, 2.24) is 0 Å². The fourth-order valence-corrected chi connectivity index (χ4v) is 4.42. The summed E-state index contributed by atoms with van der Waals surface area (Å²) in [5, 5.41) is 2.91. The second-order valence-electron chi connectivity index (χ2n) is 10.7. The monoisotopic (exact) mass is 618 g/mol. The molecule has 0 aliphatic rings. The maximum atomic E-state index is 13.0. The molecule has 0 saturated heterocycles. The van der Waals surface area contributed by atoms with E-state index in [1.165, 1.54) is 51.4 Å². The molecule has 2 aromatic carbocycles. The second kappa shape index (κ2) is 20.5. The predicted molar refractivity (Wildman–Crippen MR) is 161 cm³/mol. The molecule has 0 aliphatic carbocycles. The van der Waals surface area contributed by atoms with Crippen molar-refractivity contribution in [2.45, 2.75) is 85.0 Å². The first-order valence-electron chi connectivity index (χ1n) is 15.1. The molecule has 0 fully saturated rings. The Labute approximate surface area is 253 Å². The van der Waals surface area contributed by atoms with Gasteiger partial charge in [0.05, 0.1) is 37.9 Å². The minimum Gasteiger partial charge on any atom is -1.00 e. The lowest BCUT2D eigenvalue weighted by molar-refractivity contribution is -0.906. The zero-order chi connectivity index (χ0) is 28.3. The molecule has 0 aromatic heterocycles. The molecule has 2 aromatic rings. The highest BCUT2D eigenvalue weighted by molar-refractivity contribution is 6.06. The molecule has 6 nitrogen and oxygen atoms in total. The van der Waals surface area contributed by atoms with Crippen LogP contribution in [0, 0.1) is 0 Å². The Balaban J connectivity index is 0.00000800. The van der Waals surface area contributed by atoms with Crippen molar-refractivity contribution in [3.05, 3.63) is 59.7 Å².